The molecule has 0 saturated carbocycles. The molecule has 4 nitrogen and oxygen atoms in total. The van der Waals surface area contributed by atoms with Crippen LogP contribution in [0, 0.1) is 0 Å². The molecule has 1 atom stereocenters. The SMILES string of the molecule is c1cc(N[C@@H]2CCCNC2)ncn1. The quantitative estimate of drug-likeness (QED) is 0.697. The van der Waals surface area contributed by atoms with Crippen molar-refractivity contribution < 1.29 is 0 Å². The third kappa shape index (κ3) is 2.39. The molecular weight excluding hydrogens is 164 g/mol. The first kappa shape index (κ1) is 8.44. The van der Waals surface area contributed by atoms with Gasteiger partial charge in [0.15, 0.2) is 0 Å². The normalized spacial score (nSPS) is 22.6. The van der Waals surface area contributed by atoms with Crippen molar-refractivity contribution in [2.45, 2.75) is 18.9 Å². The maximum absolute atomic E-state index is 4.12. The van der Waals surface area contributed by atoms with Crippen molar-refractivity contribution in [3.63, 3.8) is 0 Å². The zero-order valence-corrected chi connectivity index (χ0v) is 7.53. The van der Waals surface area contributed by atoms with Crippen molar-refractivity contribution >= 4 is 5.82 Å². The molecule has 4 heteroatoms. The van der Waals surface area contributed by atoms with Gasteiger partial charge in [0.2, 0.25) is 0 Å². The van der Waals surface area contributed by atoms with Crippen molar-refractivity contribution in [1.29, 1.82) is 0 Å². The molecule has 1 aliphatic rings. The van der Waals surface area contributed by atoms with Gasteiger partial charge in [-0.15, -0.1) is 0 Å². The monoisotopic (exact) mass is 178 g/mol. The standard InChI is InChI=1S/C9H14N4/c1-2-8(6-10-4-1)13-9-3-5-11-7-12-9/h3,5,7-8,10H,1-2,4,6H2,(H,11,12,13)/t8-/m1/s1. The lowest BCUT2D eigenvalue weighted by molar-refractivity contribution is 0.479. The molecule has 1 aromatic rings. The third-order valence-electron chi connectivity index (χ3n) is 2.23. The van der Waals surface area contributed by atoms with Crippen LogP contribution in [-0.2, 0) is 0 Å². The number of nitrogens with zero attached hydrogens (tertiary/aromatic N) is 2. The van der Waals surface area contributed by atoms with Crippen molar-refractivity contribution in [2.75, 3.05) is 18.4 Å². The van der Waals surface area contributed by atoms with E-state index in [1.54, 1.807) is 12.5 Å². The van der Waals surface area contributed by atoms with Gasteiger partial charge in [0, 0.05) is 18.8 Å². The van der Waals surface area contributed by atoms with Crippen molar-refractivity contribution in [2.24, 2.45) is 0 Å². The Kier molecular flexibility index (Phi) is 2.72. The van der Waals surface area contributed by atoms with Crippen LogP contribution in [0.25, 0.3) is 0 Å². The first-order chi connectivity index (χ1) is 6.45. The Morgan fingerprint density at radius 3 is 3.23 bits per heavy atom. The Bertz CT molecular complexity index is 243. The number of hydrogen-bond donors (Lipinski definition) is 2. The maximum atomic E-state index is 4.12. The second-order valence-electron chi connectivity index (χ2n) is 3.28. The van der Waals surface area contributed by atoms with Gasteiger partial charge in [-0.05, 0) is 25.5 Å². The summed E-state index contributed by atoms with van der Waals surface area (Å²) in [5.41, 5.74) is 0. The van der Waals surface area contributed by atoms with E-state index in [1.807, 2.05) is 6.07 Å². The molecule has 0 aromatic carbocycles. The molecule has 1 saturated heterocycles. The Labute approximate surface area is 77.8 Å². The van der Waals surface area contributed by atoms with Crippen molar-refractivity contribution in [3.05, 3.63) is 18.6 Å². The molecule has 1 fully saturated rings. The minimum Gasteiger partial charge on any atom is -0.366 e. The van der Waals surface area contributed by atoms with E-state index in [-0.39, 0.29) is 0 Å². The van der Waals surface area contributed by atoms with Gasteiger partial charge < -0.3 is 10.6 Å². The Morgan fingerprint density at radius 1 is 1.54 bits per heavy atom. The summed E-state index contributed by atoms with van der Waals surface area (Å²) in [4.78, 5) is 7.99. The fraction of sp³-hybridized carbons (Fsp3) is 0.556. The highest BCUT2D eigenvalue weighted by Crippen LogP contribution is 2.08. The van der Waals surface area contributed by atoms with E-state index in [0.717, 1.165) is 18.9 Å². The molecule has 2 N–H and O–H groups in total. The number of nitrogens with one attached hydrogen (secondary N) is 2. The van der Waals surface area contributed by atoms with Gasteiger partial charge in [0.25, 0.3) is 0 Å². The van der Waals surface area contributed by atoms with Crippen molar-refractivity contribution in [1.82, 2.24) is 15.3 Å². The van der Waals surface area contributed by atoms with Gasteiger partial charge in [-0.3, -0.25) is 0 Å². The molecule has 1 aromatic heterocycles. The summed E-state index contributed by atoms with van der Waals surface area (Å²) in [6.45, 7) is 2.17. The first-order valence-electron chi connectivity index (χ1n) is 4.68. The van der Waals surface area contributed by atoms with Crippen LogP contribution in [0.15, 0.2) is 18.6 Å². The van der Waals surface area contributed by atoms with E-state index in [1.165, 1.54) is 12.8 Å². The van der Waals surface area contributed by atoms with Gasteiger partial charge in [-0.1, -0.05) is 0 Å². The van der Waals surface area contributed by atoms with E-state index in [0.29, 0.717) is 6.04 Å². The lowest BCUT2D eigenvalue weighted by Crippen LogP contribution is -2.38. The van der Waals surface area contributed by atoms with Crippen LogP contribution in [0.2, 0.25) is 0 Å². The molecule has 13 heavy (non-hydrogen) atoms. The van der Waals surface area contributed by atoms with Gasteiger partial charge in [-0.2, -0.15) is 0 Å². The van der Waals surface area contributed by atoms with E-state index in [4.69, 9.17) is 0 Å². The highest BCUT2D eigenvalue weighted by molar-refractivity contribution is 5.33. The van der Waals surface area contributed by atoms with E-state index < -0.39 is 0 Å². The van der Waals surface area contributed by atoms with Gasteiger partial charge in [-0.25, -0.2) is 9.97 Å². The second-order valence-corrected chi connectivity index (χ2v) is 3.28. The average Bonchev–Trinajstić information content (AvgIpc) is 2.21. The summed E-state index contributed by atoms with van der Waals surface area (Å²) >= 11 is 0. The van der Waals surface area contributed by atoms with E-state index in [9.17, 15) is 0 Å². The second kappa shape index (κ2) is 4.18. The van der Waals surface area contributed by atoms with E-state index in [2.05, 4.69) is 20.6 Å². The Balaban J connectivity index is 1.90. The summed E-state index contributed by atoms with van der Waals surface area (Å²) in [6.07, 6.45) is 5.78. The first-order valence-corrected chi connectivity index (χ1v) is 4.68. The molecule has 0 spiro atoms. The molecule has 2 rings (SSSR count). The van der Waals surface area contributed by atoms with Gasteiger partial charge >= 0.3 is 0 Å². The van der Waals surface area contributed by atoms with Crippen LogP contribution in [0.1, 0.15) is 12.8 Å². The fourth-order valence-corrected chi connectivity index (χ4v) is 1.56. The summed E-state index contributed by atoms with van der Waals surface area (Å²) in [5.74, 6) is 0.920. The van der Waals surface area contributed by atoms with Crippen LogP contribution in [0.4, 0.5) is 5.82 Å². The predicted molar refractivity (Wildman–Crippen MR) is 51.5 cm³/mol. The van der Waals surface area contributed by atoms with Crippen molar-refractivity contribution in [3.8, 4) is 0 Å². The summed E-state index contributed by atoms with van der Waals surface area (Å²) in [7, 11) is 0. The number of aromatic nitrogens is 2. The molecule has 70 valence electrons. The molecule has 0 bridgehead atoms. The van der Waals surface area contributed by atoms with Gasteiger partial charge in [0.05, 0.1) is 0 Å². The highest BCUT2D eigenvalue weighted by atomic mass is 15.1. The lowest BCUT2D eigenvalue weighted by Gasteiger charge is -2.23. The molecule has 0 unspecified atom stereocenters. The molecule has 0 radical (unpaired) electrons. The number of hydrogen-bond acceptors (Lipinski definition) is 4. The van der Waals surface area contributed by atoms with Crippen LogP contribution in [0.3, 0.4) is 0 Å². The predicted octanol–water partition coefficient (Wildman–Crippen LogP) is 0.640. The molecule has 0 aliphatic carbocycles. The maximum Gasteiger partial charge on any atom is 0.129 e. The van der Waals surface area contributed by atoms with Crippen LogP contribution in [0.5, 0.6) is 0 Å². The Hall–Kier alpha value is -1.16. The summed E-state index contributed by atoms with van der Waals surface area (Å²) in [5, 5.41) is 6.72. The minimum atomic E-state index is 0.517. The third-order valence-corrected chi connectivity index (χ3v) is 2.23. The average molecular weight is 178 g/mol. The smallest absolute Gasteiger partial charge is 0.129 e. The number of anilines is 1. The Morgan fingerprint density at radius 2 is 2.54 bits per heavy atom. The van der Waals surface area contributed by atoms with Crippen LogP contribution < -0.4 is 10.6 Å². The minimum absolute atomic E-state index is 0.517. The molecule has 1 aliphatic heterocycles. The number of piperidine rings is 1. The topological polar surface area (TPSA) is 49.8 Å². The zero-order chi connectivity index (χ0) is 8.93. The highest BCUT2D eigenvalue weighted by Gasteiger charge is 2.12. The fourth-order valence-electron chi connectivity index (χ4n) is 1.56. The zero-order valence-electron chi connectivity index (χ0n) is 7.53. The summed E-state index contributed by atoms with van der Waals surface area (Å²) < 4.78 is 0. The van der Waals surface area contributed by atoms with E-state index >= 15 is 0 Å². The number of rotatable bonds is 2. The van der Waals surface area contributed by atoms with Gasteiger partial charge in [0.1, 0.15) is 12.1 Å². The van der Waals surface area contributed by atoms with Crippen LogP contribution >= 0.6 is 0 Å². The van der Waals surface area contributed by atoms with Crippen LogP contribution in [-0.4, -0.2) is 29.1 Å². The largest absolute Gasteiger partial charge is 0.366 e. The molecular formula is C9H14N4. The molecule has 2 heterocycles. The molecule has 0 amide bonds. The lowest BCUT2D eigenvalue weighted by atomic mass is 10.1. The summed E-state index contributed by atoms with van der Waals surface area (Å²) in [6, 6.07) is 2.41.